The van der Waals surface area contributed by atoms with Crippen LogP contribution in [0.15, 0.2) is 18.2 Å². The van der Waals surface area contributed by atoms with Gasteiger partial charge in [-0.25, -0.2) is 0 Å². The van der Waals surface area contributed by atoms with Crippen molar-refractivity contribution in [2.45, 2.75) is 20.3 Å². The van der Waals surface area contributed by atoms with E-state index in [2.05, 4.69) is 5.32 Å². The Kier molecular flexibility index (Phi) is 4.71. The van der Waals surface area contributed by atoms with Crippen LogP contribution >= 0.6 is 0 Å². The first-order valence-corrected chi connectivity index (χ1v) is 5.69. The summed E-state index contributed by atoms with van der Waals surface area (Å²) in [5.41, 5.74) is 1.06. The van der Waals surface area contributed by atoms with Crippen LogP contribution in [-0.2, 0) is 4.79 Å². The molecule has 18 heavy (non-hydrogen) atoms. The van der Waals surface area contributed by atoms with Gasteiger partial charge in [0, 0.05) is 18.5 Å². The van der Waals surface area contributed by atoms with E-state index in [1.54, 1.807) is 26.0 Å². The number of nitrogens with one attached hydrogen (secondary N) is 1. The highest BCUT2D eigenvalue weighted by atomic mass is 16.4. The van der Waals surface area contributed by atoms with E-state index in [1.165, 1.54) is 6.07 Å². The maximum atomic E-state index is 11.7. The van der Waals surface area contributed by atoms with Crippen LogP contribution in [0, 0.1) is 12.8 Å². The van der Waals surface area contributed by atoms with Crippen LogP contribution in [0.2, 0.25) is 0 Å². The standard InChI is InChI=1S/C13H17NO4/c1-8(5-12(16)17)7-14-13(18)10-4-3-9(2)11(15)6-10/h3-4,6,8,15H,5,7H2,1-2H3,(H,14,18)(H,16,17). The molecule has 0 aliphatic carbocycles. The SMILES string of the molecule is Cc1ccc(C(=O)NCC(C)CC(=O)O)cc1O. The molecule has 1 rings (SSSR count). The molecule has 0 radical (unpaired) electrons. The number of aryl methyl sites for hydroxylation is 1. The van der Waals surface area contributed by atoms with Crippen molar-refractivity contribution in [3.05, 3.63) is 29.3 Å². The fourth-order valence-corrected chi connectivity index (χ4v) is 1.49. The molecule has 1 aromatic carbocycles. The molecule has 0 fully saturated rings. The van der Waals surface area contributed by atoms with Gasteiger partial charge in [0.2, 0.25) is 0 Å². The molecule has 0 aliphatic heterocycles. The van der Waals surface area contributed by atoms with Gasteiger partial charge in [-0.1, -0.05) is 13.0 Å². The maximum absolute atomic E-state index is 11.7. The number of carboxylic acids is 1. The molecule has 0 bridgehead atoms. The third-order valence-corrected chi connectivity index (χ3v) is 2.61. The summed E-state index contributed by atoms with van der Waals surface area (Å²) in [6.07, 6.45) is 0.0133. The topological polar surface area (TPSA) is 86.6 Å². The van der Waals surface area contributed by atoms with Crippen molar-refractivity contribution < 1.29 is 19.8 Å². The van der Waals surface area contributed by atoms with E-state index in [1.807, 2.05) is 0 Å². The van der Waals surface area contributed by atoms with Gasteiger partial charge in [0.05, 0.1) is 0 Å². The van der Waals surface area contributed by atoms with Gasteiger partial charge < -0.3 is 15.5 Å². The van der Waals surface area contributed by atoms with Crippen molar-refractivity contribution in [2.75, 3.05) is 6.54 Å². The number of hydrogen-bond donors (Lipinski definition) is 3. The van der Waals surface area contributed by atoms with Gasteiger partial charge in [-0.15, -0.1) is 0 Å². The summed E-state index contributed by atoms with van der Waals surface area (Å²) in [7, 11) is 0. The summed E-state index contributed by atoms with van der Waals surface area (Å²) in [6, 6.07) is 4.67. The van der Waals surface area contributed by atoms with Gasteiger partial charge in [0.25, 0.3) is 5.91 Å². The smallest absolute Gasteiger partial charge is 0.303 e. The van der Waals surface area contributed by atoms with Crippen LogP contribution in [0.1, 0.15) is 29.3 Å². The summed E-state index contributed by atoms with van der Waals surface area (Å²) in [6.45, 7) is 3.78. The molecule has 1 amide bonds. The summed E-state index contributed by atoms with van der Waals surface area (Å²) in [5.74, 6) is -1.26. The van der Waals surface area contributed by atoms with Gasteiger partial charge in [-0.2, -0.15) is 0 Å². The monoisotopic (exact) mass is 251 g/mol. The predicted octanol–water partition coefficient (Wildman–Crippen LogP) is 1.54. The maximum Gasteiger partial charge on any atom is 0.303 e. The molecular weight excluding hydrogens is 234 g/mol. The zero-order valence-corrected chi connectivity index (χ0v) is 10.4. The Bertz CT molecular complexity index is 456. The molecule has 0 saturated heterocycles. The molecule has 3 N–H and O–H groups in total. The van der Waals surface area contributed by atoms with Crippen molar-refractivity contribution in [3.63, 3.8) is 0 Å². The zero-order chi connectivity index (χ0) is 13.7. The number of carbonyl (C=O) groups is 2. The summed E-state index contributed by atoms with van der Waals surface area (Å²) in [4.78, 5) is 22.2. The van der Waals surface area contributed by atoms with Gasteiger partial charge >= 0.3 is 5.97 Å². The quantitative estimate of drug-likeness (QED) is 0.740. The number of aromatic hydroxyl groups is 1. The number of carboxylic acid groups (broad SMARTS) is 1. The summed E-state index contributed by atoms with van der Waals surface area (Å²) in [5, 5.41) is 20.7. The van der Waals surface area contributed by atoms with Crippen molar-refractivity contribution in [1.29, 1.82) is 0 Å². The van der Waals surface area contributed by atoms with Gasteiger partial charge in [0.1, 0.15) is 5.75 Å². The summed E-state index contributed by atoms with van der Waals surface area (Å²) < 4.78 is 0. The van der Waals surface area contributed by atoms with Crippen molar-refractivity contribution >= 4 is 11.9 Å². The second kappa shape index (κ2) is 6.05. The number of carbonyl (C=O) groups excluding carboxylic acids is 1. The van der Waals surface area contributed by atoms with Crippen LogP contribution in [0.25, 0.3) is 0 Å². The fraction of sp³-hybridized carbons (Fsp3) is 0.385. The predicted molar refractivity (Wildman–Crippen MR) is 66.6 cm³/mol. The molecule has 1 unspecified atom stereocenters. The molecular formula is C13H17NO4. The molecule has 98 valence electrons. The van der Waals surface area contributed by atoms with E-state index in [9.17, 15) is 14.7 Å². The Morgan fingerprint density at radius 1 is 1.39 bits per heavy atom. The normalized spacial score (nSPS) is 11.9. The zero-order valence-electron chi connectivity index (χ0n) is 10.4. The van der Waals surface area contributed by atoms with Crippen molar-refractivity contribution in [1.82, 2.24) is 5.32 Å². The fourth-order valence-electron chi connectivity index (χ4n) is 1.49. The first-order chi connectivity index (χ1) is 8.40. The minimum absolute atomic E-state index is 0.0133. The first kappa shape index (κ1) is 14.0. The van der Waals surface area contributed by atoms with E-state index >= 15 is 0 Å². The number of aliphatic carboxylic acids is 1. The van der Waals surface area contributed by atoms with Crippen LogP contribution in [-0.4, -0.2) is 28.6 Å². The highest BCUT2D eigenvalue weighted by molar-refractivity contribution is 5.94. The van der Waals surface area contributed by atoms with E-state index in [0.29, 0.717) is 17.7 Å². The Morgan fingerprint density at radius 2 is 2.06 bits per heavy atom. The molecule has 1 atom stereocenters. The molecule has 0 spiro atoms. The molecule has 1 aromatic rings. The number of benzene rings is 1. The van der Waals surface area contributed by atoms with Crippen molar-refractivity contribution in [3.8, 4) is 5.75 Å². The van der Waals surface area contributed by atoms with Gasteiger partial charge in [0.15, 0.2) is 0 Å². The lowest BCUT2D eigenvalue weighted by Crippen LogP contribution is -2.29. The highest BCUT2D eigenvalue weighted by Gasteiger charge is 2.11. The Morgan fingerprint density at radius 3 is 2.61 bits per heavy atom. The Labute approximate surface area is 105 Å². The Hall–Kier alpha value is -2.04. The molecule has 0 aliphatic rings. The van der Waals surface area contributed by atoms with Crippen LogP contribution in [0.4, 0.5) is 0 Å². The number of rotatable bonds is 5. The lowest BCUT2D eigenvalue weighted by Gasteiger charge is -2.10. The van der Waals surface area contributed by atoms with E-state index in [-0.39, 0.29) is 24.0 Å². The third-order valence-electron chi connectivity index (χ3n) is 2.61. The highest BCUT2D eigenvalue weighted by Crippen LogP contribution is 2.17. The van der Waals surface area contributed by atoms with E-state index < -0.39 is 5.97 Å². The van der Waals surface area contributed by atoms with Gasteiger partial charge in [-0.05, 0) is 30.5 Å². The largest absolute Gasteiger partial charge is 0.508 e. The summed E-state index contributed by atoms with van der Waals surface area (Å²) >= 11 is 0. The molecule has 5 heteroatoms. The average Bonchev–Trinajstić information content (AvgIpc) is 2.28. The first-order valence-electron chi connectivity index (χ1n) is 5.69. The minimum atomic E-state index is -0.885. The number of amides is 1. The van der Waals surface area contributed by atoms with Crippen LogP contribution in [0.3, 0.4) is 0 Å². The minimum Gasteiger partial charge on any atom is -0.508 e. The lowest BCUT2D eigenvalue weighted by atomic mass is 10.1. The second-order valence-electron chi connectivity index (χ2n) is 4.41. The van der Waals surface area contributed by atoms with Crippen molar-refractivity contribution in [2.24, 2.45) is 5.92 Å². The number of hydrogen-bond acceptors (Lipinski definition) is 3. The molecule has 0 aromatic heterocycles. The van der Waals surface area contributed by atoms with Crippen LogP contribution < -0.4 is 5.32 Å². The third kappa shape index (κ3) is 4.08. The number of phenols is 1. The average molecular weight is 251 g/mol. The number of phenolic OH excluding ortho intramolecular Hbond substituents is 1. The van der Waals surface area contributed by atoms with E-state index in [4.69, 9.17) is 5.11 Å². The second-order valence-corrected chi connectivity index (χ2v) is 4.41. The molecule has 0 heterocycles. The van der Waals surface area contributed by atoms with Gasteiger partial charge in [-0.3, -0.25) is 9.59 Å². The molecule has 5 nitrogen and oxygen atoms in total. The van der Waals surface area contributed by atoms with E-state index in [0.717, 1.165) is 0 Å². The molecule has 0 saturated carbocycles. The Balaban J connectivity index is 2.55. The lowest BCUT2D eigenvalue weighted by molar-refractivity contribution is -0.137. The van der Waals surface area contributed by atoms with Crippen LogP contribution in [0.5, 0.6) is 5.75 Å².